The highest BCUT2D eigenvalue weighted by Crippen LogP contribution is 2.25. The Hall–Kier alpha value is -0.0900. The van der Waals surface area contributed by atoms with Gasteiger partial charge in [-0.2, -0.15) is 0 Å². The van der Waals surface area contributed by atoms with E-state index in [1.807, 2.05) is 0 Å². The molecule has 11 heavy (non-hydrogen) atoms. The molecule has 4 heteroatoms. The minimum absolute atomic E-state index is 0.0239. The van der Waals surface area contributed by atoms with Crippen LogP contribution in [-0.4, -0.2) is 31.1 Å². The van der Waals surface area contributed by atoms with E-state index >= 15 is 0 Å². The molecule has 0 bridgehead atoms. The molecular formula is C7H14O3S. The van der Waals surface area contributed by atoms with Crippen molar-refractivity contribution in [2.45, 2.75) is 25.0 Å². The Labute approximate surface area is 67.3 Å². The second-order valence-corrected chi connectivity index (χ2v) is 5.55. The first kappa shape index (κ1) is 9.00. The predicted molar refractivity (Wildman–Crippen MR) is 43.1 cm³/mol. The first-order chi connectivity index (χ1) is 5.08. The van der Waals surface area contributed by atoms with Crippen molar-refractivity contribution in [1.29, 1.82) is 0 Å². The third-order valence-corrected chi connectivity index (χ3v) is 4.78. The quantitative estimate of drug-likeness (QED) is 0.657. The molecule has 2 unspecified atom stereocenters. The maximum Gasteiger partial charge on any atom is 0.153 e. The largest absolute Gasteiger partial charge is 0.396 e. The van der Waals surface area contributed by atoms with Crippen molar-refractivity contribution < 1.29 is 13.5 Å². The molecule has 2 atom stereocenters. The second-order valence-electron chi connectivity index (χ2n) is 3.21. The maximum atomic E-state index is 11.3. The van der Waals surface area contributed by atoms with Gasteiger partial charge in [0.1, 0.15) is 0 Å². The number of hydrogen-bond donors (Lipinski definition) is 1. The predicted octanol–water partition coefficient (Wildman–Crippen LogP) is 0.192. The van der Waals surface area contributed by atoms with Gasteiger partial charge < -0.3 is 5.11 Å². The minimum Gasteiger partial charge on any atom is -0.396 e. The van der Waals surface area contributed by atoms with Gasteiger partial charge in [-0.25, -0.2) is 8.42 Å². The highest BCUT2D eigenvalue weighted by molar-refractivity contribution is 7.92. The van der Waals surface area contributed by atoms with Crippen LogP contribution in [0.2, 0.25) is 0 Å². The van der Waals surface area contributed by atoms with Crippen LogP contribution in [0.15, 0.2) is 0 Å². The normalized spacial score (nSPS) is 32.0. The second kappa shape index (κ2) is 3.11. The molecule has 66 valence electrons. The van der Waals surface area contributed by atoms with Crippen LogP contribution >= 0.6 is 0 Å². The Bertz CT molecular complexity index is 220. The Balaban J connectivity index is 2.73. The van der Waals surface area contributed by atoms with Crippen molar-refractivity contribution in [1.82, 2.24) is 0 Å². The third kappa shape index (κ3) is 1.73. The zero-order chi connectivity index (χ0) is 8.48. The first-order valence-electron chi connectivity index (χ1n) is 3.90. The molecule has 0 aromatic carbocycles. The topological polar surface area (TPSA) is 54.4 Å². The summed E-state index contributed by atoms with van der Waals surface area (Å²) in [5, 5.41) is 8.48. The van der Waals surface area contributed by atoms with E-state index in [2.05, 4.69) is 0 Å². The van der Waals surface area contributed by atoms with Crippen LogP contribution in [0.4, 0.5) is 0 Å². The van der Waals surface area contributed by atoms with E-state index < -0.39 is 9.84 Å². The summed E-state index contributed by atoms with van der Waals surface area (Å²) in [6.45, 7) is 1.76. The summed E-state index contributed by atoms with van der Waals surface area (Å²) < 4.78 is 22.5. The summed E-state index contributed by atoms with van der Waals surface area (Å²) >= 11 is 0. The molecule has 1 heterocycles. The Kier molecular flexibility index (Phi) is 2.54. The molecular weight excluding hydrogens is 164 g/mol. The van der Waals surface area contributed by atoms with Gasteiger partial charge in [0.05, 0.1) is 11.0 Å². The molecule has 0 saturated carbocycles. The summed E-state index contributed by atoms with van der Waals surface area (Å²) in [7, 11) is -2.86. The van der Waals surface area contributed by atoms with Gasteiger partial charge in [0.2, 0.25) is 0 Å². The minimum atomic E-state index is -2.86. The van der Waals surface area contributed by atoms with Gasteiger partial charge in [-0.3, -0.25) is 0 Å². The van der Waals surface area contributed by atoms with Crippen LogP contribution in [0.3, 0.4) is 0 Å². The first-order valence-corrected chi connectivity index (χ1v) is 5.62. The fourth-order valence-corrected chi connectivity index (χ4v) is 3.76. The fraction of sp³-hybridized carbons (Fsp3) is 1.00. The Morgan fingerprint density at radius 2 is 2.27 bits per heavy atom. The lowest BCUT2D eigenvalue weighted by molar-refractivity contribution is 0.231. The Morgan fingerprint density at radius 3 is 2.64 bits per heavy atom. The average molecular weight is 178 g/mol. The monoisotopic (exact) mass is 178 g/mol. The molecule has 0 aromatic heterocycles. The molecule has 1 rings (SSSR count). The van der Waals surface area contributed by atoms with E-state index in [4.69, 9.17) is 5.11 Å². The van der Waals surface area contributed by atoms with E-state index in [0.29, 0.717) is 5.75 Å². The van der Waals surface area contributed by atoms with E-state index in [0.717, 1.165) is 12.8 Å². The van der Waals surface area contributed by atoms with E-state index in [1.54, 1.807) is 6.92 Å². The van der Waals surface area contributed by atoms with Gasteiger partial charge in [-0.1, -0.05) is 6.92 Å². The highest BCUT2D eigenvalue weighted by atomic mass is 32.2. The maximum absolute atomic E-state index is 11.3. The molecule has 1 fully saturated rings. The standard InChI is InChI=1S/C7H14O3S/c1-6(5-8)7-3-2-4-11(7,9)10/h6-8H,2-5H2,1H3. The van der Waals surface area contributed by atoms with Gasteiger partial charge in [0.15, 0.2) is 9.84 Å². The molecule has 0 aromatic rings. The van der Waals surface area contributed by atoms with Crippen molar-refractivity contribution in [2.75, 3.05) is 12.4 Å². The van der Waals surface area contributed by atoms with Crippen molar-refractivity contribution in [3.63, 3.8) is 0 Å². The van der Waals surface area contributed by atoms with Crippen molar-refractivity contribution >= 4 is 9.84 Å². The molecule has 3 nitrogen and oxygen atoms in total. The smallest absolute Gasteiger partial charge is 0.153 e. The van der Waals surface area contributed by atoms with Crippen LogP contribution in [0, 0.1) is 5.92 Å². The van der Waals surface area contributed by atoms with Crippen molar-refractivity contribution in [3.8, 4) is 0 Å². The van der Waals surface area contributed by atoms with E-state index in [9.17, 15) is 8.42 Å². The molecule has 0 aliphatic carbocycles. The van der Waals surface area contributed by atoms with Crippen molar-refractivity contribution in [2.24, 2.45) is 5.92 Å². The number of rotatable bonds is 2. The third-order valence-electron chi connectivity index (χ3n) is 2.30. The summed E-state index contributed by atoms with van der Waals surface area (Å²) in [6.07, 6.45) is 1.49. The van der Waals surface area contributed by atoms with Crippen LogP contribution in [0.25, 0.3) is 0 Å². The van der Waals surface area contributed by atoms with Gasteiger partial charge in [-0.15, -0.1) is 0 Å². The van der Waals surface area contributed by atoms with Crippen LogP contribution in [0.1, 0.15) is 19.8 Å². The summed E-state index contributed by atoms with van der Waals surface area (Å²) in [5.74, 6) is 0.213. The lowest BCUT2D eigenvalue weighted by Crippen LogP contribution is -2.26. The van der Waals surface area contributed by atoms with Crippen molar-refractivity contribution in [3.05, 3.63) is 0 Å². The molecule has 1 aliphatic rings. The molecule has 1 N–H and O–H groups in total. The van der Waals surface area contributed by atoms with Gasteiger partial charge >= 0.3 is 0 Å². The summed E-state index contributed by atoms with van der Waals surface area (Å²) in [4.78, 5) is 0. The zero-order valence-corrected chi connectivity index (χ0v) is 7.47. The number of hydrogen-bond acceptors (Lipinski definition) is 3. The SMILES string of the molecule is CC(CO)C1CCCS1(=O)=O. The molecule has 1 aliphatic heterocycles. The van der Waals surface area contributed by atoms with Gasteiger partial charge in [0, 0.05) is 6.61 Å². The van der Waals surface area contributed by atoms with E-state index in [-0.39, 0.29) is 17.8 Å². The zero-order valence-electron chi connectivity index (χ0n) is 6.66. The molecule has 0 radical (unpaired) electrons. The fourth-order valence-electron chi connectivity index (χ4n) is 1.57. The molecule has 1 saturated heterocycles. The van der Waals surface area contributed by atoms with Crippen LogP contribution < -0.4 is 0 Å². The van der Waals surface area contributed by atoms with Gasteiger partial charge in [0.25, 0.3) is 0 Å². The average Bonchev–Trinajstić information content (AvgIpc) is 2.28. The van der Waals surface area contributed by atoms with E-state index in [1.165, 1.54) is 0 Å². The molecule has 0 amide bonds. The molecule has 0 spiro atoms. The highest BCUT2D eigenvalue weighted by Gasteiger charge is 2.34. The summed E-state index contributed by atoms with van der Waals surface area (Å²) in [6, 6.07) is 0. The Morgan fingerprint density at radius 1 is 1.64 bits per heavy atom. The van der Waals surface area contributed by atoms with Crippen LogP contribution in [0.5, 0.6) is 0 Å². The number of aliphatic hydroxyl groups excluding tert-OH is 1. The lowest BCUT2D eigenvalue weighted by Gasteiger charge is -2.14. The number of aliphatic hydroxyl groups is 1. The van der Waals surface area contributed by atoms with Gasteiger partial charge in [-0.05, 0) is 18.8 Å². The summed E-state index contributed by atoms with van der Waals surface area (Å²) in [5.41, 5.74) is 0. The number of sulfone groups is 1. The van der Waals surface area contributed by atoms with Crippen LogP contribution in [-0.2, 0) is 9.84 Å². The lowest BCUT2D eigenvalue weighted by atomic mass is 10.1.